The van der Waals surface area contributed by atoms with Crippen molar-refractivity contribution in [2.75, 3.05) is 0 Å². The molecule has 0 saturated carbocycles. The normalized spacial score (nSPS) is 10.7. The topological polar surface area (TPSA) is 180 Å². The molecule has 8 aromatic heterocycles. The molecule has 0 bridgehead atoms. The van der Waals surface area contributed by atoms with Crippen molar-refractivity contribution in [2.24, 2.45) is 0 Å². The van der Waals surface area contributed by atoms with E-state index >= 15 is 0 Å². The summed E-state index contributed by atoms with van der Waals surface area (Å²) in [6.07, 6.45) is 6.12. The van der Waals surface area contributed by atoms with E-state index in [1.165, 1.54) is 52.7 Å². The first kappa shape index (κ1) is 48.1. The van der Waals surface area contributed by atoms with Gasteiger partial charge in [0.2, 0.25) is 0 Å². The van der Waals surface area contributed by atoms with Crippen LogP contribution in [-0.4, -0.2) is 49.6 Å². The Morgan fingerprint density at radius 1 is 0.778 bits per heavy atom. The summed E-state index contributed by atoms with van der Waals surface area (Å²) >= 11 is 7.83. The molecule has 0 radical (unpaired) electrons. The maximum atomic E-state index is 12.7. The minimum atomic E-state index is -4.50. The van der Waals surface area contributed by atoms with Crippen LogP contribution in [0.5, 0.6) is 15.9 Å². The molecule has 0 aromatic carbocycles. The van der Waals surface area contributed by atoms with Gasteiger partial charge in [-0.25, -0.2) is 4.98 Å². The summed E-state index contributed by atoms with van der Waals surface area (Å²) in [6, 6.07) is 17.0. The van der Waals surface area contributed by atoms with Gasteiger partial charge in [-0.1, -0.05) is 66.8 Å². The molecule has 0 amide bonds. The number of hydrogen-bond acceptors (Lipinski definition) is 15. The molecule has 13 nitrogen and oxygen atoms in total. The number of ether oxygens (including phenoxy) is 3. The fourth-order valence-corrected chi connectivity index (χ4v) is 9.03. The zero-order chi connectivity index (χ0) is 44.1. The van der Waals surface area contributed by atoms with Gasteiger partial charge in [-0.2, -0.15) is 18.3 Å². The first-order valence-electron chi connectivity index (χ1n) is 18.3. The third-order valence-corrected chi connectivity index (χ3v) is 11.9. The Labute approximate surface area is 387 Å². The van der Waals surface area contributed by atoms with E-state index in [2.05, 4.69) is 55.7 Å². The molecule has 0 atom stereocenters. The van der Waals surface area contributed by atoms with Gasteiger partial charge in [0.25, 0.3) is 19.4 Å². The van der Waals surface area contributed by atoms with Gasteiger partial charge in [-0.3, -0.25) is 29.3 Å². The van der Waals surface area contributed by atoms with Crippen molar-refractivity contribution < 1.29 is 61.2 Å². The van der Waals surface area contributed by atoms with E-state index in [9.17, 15) is 27.6 Å². The van der Waals surface area contributed by atoms with Gasteiger partial charge in [0.15, 0.2) is 10.1 Å². The number of aromatic nitrogens is 6. The first-order valence-corrected chi connectivity index (χ1v) is 21.3. The van der Waals surface area contributed by atoms with E-state index in [1.54, 1.807) is 72.4 Å². The Kier molecular flexibility index (Phi) is 17.5. The Hall–Kier alpha value is -5.95. The van der Waals surface area contributed by atoms with E-state index in [0.29, 0.717) is 58.0 Å². The summed E-state index contributed by atoms with van der Waals surface area (Å²) in [5, 5.41) is 19.9. The quantitative estimate of drug-likeness (QED) is 0.0311. The minimum absolute atomic E-state index is 0. The molecule has 21 heteroatoms. The van der Waals surface area contributed by atoms with E-state index in [-0.39, 0.29) is 30.9 Å². The minimum Gasteiger partial charge on any atom is -0.753 e. The number of alkyl halides is 3. The number of aryl methyl sites for hydroxylation is 1. The van der Waals surface area contributed by atoms with Crippen LogP contribution >= 0.6 is 46.2 Å². The number of rotatable bonds is 15. The predicted octanol–water partition coefficient (Wildman–Crippen LogP) is 10.9. The van der Waals surface area contributed by atoms with Crippen molar-refractivity contribution in [1.29, 1.82) is 0 Å². The second kappa shape index (κ2) is 22.9. The second-order valence-electron chi connectivity index (χ2n) is 12.7. The SMILES string of the molecule is CCCCCCc1ccsc1-c1ccnc(-c2cc(C(F)(F)F)n[n-]2)c1.O=COc1cc(-c2nccc3cc(OC=O)sc23)nc(-c2nccc3cc(OC=O)sc23)c1.[N-]=C=S.[Ru+2]. The Morgan fingerprint density at radius 2 is 1.37 bits per heavy atom. The third-order valence-electron chi connectivity index (χ3n) is 8.78. The number of carbonyl (C=O) groups is 3. The van der Waals surface area contributed by atoms with Crippen LogP contribution in [-0.2, 0) is 46.5 Å². The number of carbonyl (C=O) groups excluding carboxylic acids is 3. The summed E-state index contributed by atoms with van der Waals surface area (Å²) < 4.78 is 54.8. The molecule has 63 heavy (non-hydrogen) atoms. The number of nitrogens with zero attached hydrogens (tertiary/aromatic N) is 7. The van der Waals surface area contributed by atoms with Crippen LogP contribution in [0.1, 0.15) is 43.9 Å². The van der Waals surface area contributed by atoms with Crippen LogP contribution in [0.25, 0.3) is 70.2 Å². The number of thiophene rings is 3. The zero-order valence-corrected chi connectivity index (χ0v) is 37.6. The van der Waals surface area contributed by atoms with Crippen molar-refractivity contribution in [2.45, 2.75) is 45.2 Å². The summed E-state index contributed by atoms with van der Waals surface area (Å²) in [5.74, 6) is 0.254. The van der Waals surface area contributed by atoms with Crippen molar-refractivity contribution in [1.82, 2.24) is 30.1 Å². The van der Waals surface area contributed by atoms with Crippen LogP contribution in [0.3, 0.4) is 0 Å². The molecular weight excluding hydrogens is 985 g/mol. The molecule has 0 unspecified atom stereocenters. The molecule has 0 spiro atoms. The molecule has 0 aliphatic heterocycles. The van der Waals surface area contributed by atoms with Gasteiger partial charge in [0.05, 0.1) is 26.5 Å². The molecule has 0 fully saturated rings. The van der Waals surface area contributed by atoms with Crippen molar-refractivity contribution in [3.05, 3.63) is 101 Å². The van der Waals surface area contributed by atoms with Crippen LogP contribution in [0.4, 0.5) is 13.2 Å². The fourth-order valence-electron chi connectivity index (χ4n) is 6.13. The van der Waals surface area contributed by atoms with Crippen LogP contribution < -0.4 is 19.3 Å². The number of unbranched alkanes of at least 4 members (excludes halogenated alkanes) is 3. The maximum absolute atomic E-state index is 12.7. The number of thiocarbonyl (C=S) groups is 1. The zero-order valence-electron chi connectivity index (χ0n) is 32.6. The second-order valence-corrected chi connectivity index (χ2v) is 15.8. The third kappa shape index (κ3) is 12.2. The number of hydrogen-bond donors (Lipinski definition) is 0. The Morgan fingerprint density at radius 3 is 1.90 bits per heavy atom. The molecule has 8 rings (SSSR count). The molecule has 322 valence electrons. The number of halogens is 3. The maximum Gasteiger partial charge on any atom is 2.00 e. The molecule has 0 aliphatic rings. The molecular formula is C42H30F3N7O6RuS4. The Bertz CT molecular complexity index is 2750. The number of fused-ring (bicyclic) bond motifs is 2. The van der Waals surface area contributed by atoms with Gasteiger partial charge < -0.3 is 29.8 Å². The number of pyridine rings is 4. The van der Waals surface area contributed by atoms with Gasteiger partial charge >= 0.3 is 25.7 Å². The predicted molar refractivity (Wildman–Crippen MR) is 234 cm³/mol. The molecule has 0 aliphatic carbocycles. The first-order chi connectivity index (χ1) is 30.1. The number of isothiocyanates is 1. The van der Waals surface area contributed by atoms with Crippen LogP contribution in [0.15, 0.2) is 84.6 Å². The average Bonchev–Trinajstić information content (AvgIpc) is 4.09. The van der Waals surface area contributed by atoms with Gasteiger partial charge in [0, 0.05) is 58.5 Å². The van der Waals surface area contributed by atoms with Crippen LogP contribution in [0, 0.1) is 0 Å². The molecule has 0 N–H and O–H groups in total. The van der Waals surface area contributed by atoms with Crippen LogP contribution in [0.2, 0.25) is 0 Å². The summed E-state index contributed by atoms with van der Waals surface area (Å²) in [7, 11) is 0. The van der Waals surface area contributed by atoms with E-state index in [1.807, 2.05) is 6.07 Å². The standard InChI is InChI=1S/C22H11N3O6S2.C19H19F3N3S.CNS.Ru/c26-9-29-14-7-15(19-21-12(1-3-23-19)5-17(32-21)30-10-27)25-16(8-14)20-22-13(2-4-24-20)6-18(33-22)31-11-28;1-2-3-4-5-6-13-8-10-26-18(13)14-7-9-23-15(11-14)16-12-17(25-24-16)19(20,21)22;2-1-3;/h1-11H;7-12H,2-6H2,1H3;;/q;2*-1;+2. The Balaban J connectivity index is 0.000000226. The van der Waals surface area contributed by atoms with Gasteiger partial charge in [-0.15, -0.1) is 11.3 Å². The van der Waals surface area contributed by atoms with Crippen molar-refractivity contribution in [3.63, 3.8) is 0 Å². The van der Waals surface area contributed by atoms with E-state index in [4.69, 9.17) is 24.6 Å². The molecule has 8 aromatic rings. The largest absolute Gasteiger partial charge is 2.00 e. The monoisotopic (exact) mass is 1020 g/mol. The van der Waals surface area contributed by atoms with Gasteiger partial charge in [-0.05, 0) is 65.7 Å². The smallest absolute Gasteiger partial charge is 0.753 e. The van der Waals surface area contributed by atoms with Crippen molar-refractivity contribution in [3.8, 4) is 60.5 Å². The van der Waals surface area contributed by atoms with E-state index < -0.39 is 11.9 Å². The average molecular weight is 1020 g/mol. The summed E-state index contributed by atoms with van der Waals surface area (Å²) in [5.41, 5.74) is 3.70. The van der Waals surface area contributed by atoms with Gasteiger partial charge in [0.1, 0.15) is 22.8 Å². The van der Waals surface area contributed by atoms with Crippen molar-refractivity contribution >= 4 is 91.0 Å². The molecule has 8 heterocycles. The fraction of sp³-hybridized carbons (Fsp3) is 0.167. The summed E-state index contributed by atoms with van der Waals surface area (Å²) in [4.78, 5) is 51.5. The van der Waals surface area contributed by atoms with E-state index in [0.717, 1.165) is 49.5 Å². The molecule has 0 saturated heterocycles. The summed E-state index contributed by atoms with van der Waals surface area (Å²) in [6.45, 7) is 3.24.